The average Bonchev–Trinajstić information content (AvgIpc) is 3.27. The van der Waals surface area contributed by atoms with E-state index in [1.807, 2.05) is 0 Å². The van der Waals surface area contributed by atoms with E-state index in [0.29, 0.717) is 19.3 Å². The Labute approximate surface area is 129 Å². The van der Waals surface area contributed by atoms with Gasteiger partial charge in [0, 0.05) is 12.6 Å². The Morgan fingerprint density at radius 3 is 2.85 bits per heavy atom. The molecule has 3 nitrogen and oxygen atoms in total. The zero-order valence-corrected chi connectivity index (χ0v) is 13.5. The van der Waals surface area contributed by atoms with Crippen LogP contribution in [0.2, 0.25) is 0 Å². The molecule has 20 heavy (non-hydrogen) atoms. The summed E-state index contributed by atoms with van der Waals surface area (Å²) in [7, 11) is 0. The highest BCUT2D eigenvalue weighted by Gasteiger charge is 2.24. The van der Waals surface area contributed by atoms with Crippen LogP contribution < -0.4 is 14.8 Å². The third-order valence-electron chi connectivity index (χ3n) is 4.06. The van der Waals surface area contributed by atoms with E-state index in [9.17, 15) is 0 Å². The molecule has 4 heteroatoms. The maximum Gasteiger partial charge on any atom is 0.175 e. The van der Waals surface area contributed by atoms with Crippen LogP contribution in [0, 0.1) is 5.92 Å². The van der Waals surface area contributed by atoms with Crippen molar-refractivity contribution in [2.45, 2.75) is 45.2 Å². The van der Waals surface area contributed by atoms with E-state index < -0.39 is 0 Å². The van der Waals surface area contributed by atoms with Gasteiger partial charge in [-0.2, -0.15) is 0 Å². The molecule has 1 unspecified atom stereocenters. The first-order valence-corrected chi connectivity index (χ1v) is 8.37. The fourth-order valence-electron chi connectivity index (χ4n) is 2.68. The third-order valence-corrected chi connectivity index (χ3v) is 4.65. The molecule has 1 aromatic carbocycles. The second-order valence-corrected chi connectivity index (χ2v) is 6.62. The fraction of sp³-hybridized carbons (Fsp3) is 0.625. The number of ether oxygens (including phenoxy) is 2. The van der Waals surface area contributed by atoms with Crippen molar-refractivity contribution in [3.8, 4) is 11.5 Å². The van der Waals surface area contributed by atoms with Gasteiger partial charge in [-0.3, -0.25) is 0 Å². The summed E-state index contributed by atoms with van der Waals surface area (Å²) < 4.78 is 12.3. The molecule has 2 aliphatic rings. The minimum atomic E-state index is 0.627. The maximum atomic E-state index is 5.67. The Balaban J connectivity index is 1.63. The Morgan fingerprint density at radius 2 is 2.10 bits per heavy atom. The first-order valence-electron chi connectivity index (χ1n) is 7.57. The molecule has 0 radical (unpaired) electrons. The molecule has 110 valence electrons. The highest BCUT2D eigenvalue weighted by atomic mass is 79.9. The number of hydrogen-bond donors (Lipinski definition) is 1. The van der Waals surface area contributed by atoms with Gasteiger partial charge in [0.2, 0.25) is 0 Å². The first-order chi connectivity index (χ1) is 9.76. The van der Waals surface area contributed by atoms with Crippen molar-refractivity contribution in [2.75, 3.05) is 13.2 Å². The second-order valence-electron chi connectivity index (χ2n) is 5.77. The van der Waals surface area contributed by atoms with Crippen LogP contribution in [-0.2, 0) is 6.54 Å². The molecule has 1 heterocycles. The van der Waals surface area contributed by atoms with Crippen molar-refractivity contribution >= 4 is 15.9 Å². The summed E-state index contributed by atoms with van der Waals surface area (Å²) in [6.07, 6.45) is 5.37. The minimum Gasteiger partial charge on any atom is -0.486 e. The minimum absolute atomic E-state index is 0.627. The van der Waals surface area contributed by atoms with Crippen LogP contribution in [-0.4, -0.2) is 19.3 Å². The quantitative estimate of drug-likeness (QED) is 0.852. The van der Waals surface area contributed by atoms with Crippen LogP contribution in [0.5, 0.6) is 11.5 Å². The van der Waals surface area contributed by atoms with Gasteiger partial charge in [0.25, 0.3) is 0 Å². The molecule has 0 aromatic heterocycles. The van der Waals surface area contributed by atoms with Crippen LogP contribution in [0.3, 0.4) is 0 Å². The summed E-state index contributed by atoms with van der Waals surface area (Å²) >= 11 is 3.57. The lowest BCUT2D eigenvalue weighted by molar-refractivity contribution is 0.170. The summed E-state index contributed by atoms with van der Waals surface area (Å²) in [5.41, 5.74) is 1.25. The summed E-state index contributed by atoms with van der Waals surface area (Å²) in [6.45, 7) is 4.42. The molecule has 3 rings (SSSR count). The van der Waals surface area contributed by atoms with E-state index in [-0.39, 0.29) is 0 Å². The van der Waals surface area contributed by atoms with Gasteiger partial charge in [-0.05, 0) is 52.4 Å². The first kappa shape index (κ1) is 14.2. The van der Waals surface area contributed by atoms with Crippen LogP contribution in [0.1, 0.15) is 38.2 Å². The molecule has 0 bridgehead atoms. The number of fused-ring (bicyclic) bond motifs is 1. The van der Waals surface area contributed by atoms with Crippen molar-refractivity contribution in [3.63, 3.8) is 0 Å². The number of nitrogens with one attached hydrogen (secondary N) is 1. The number of hydrogen-bond acceptors (Lipinski definition) is 3. The predicted molar refractivity (Wildman–Crippen MR) is 83.4 cm³/mol. The zero-order valence-electron chi connectivity index (χ0n) is 12.0. The normalized spacial score (nSPS) is 18.9. The van der Waals surface area contributed by atoms with E-state index in [4.69, 9.17) is 9.47 Å². The molecule has 0 amide bonds. The van der Waals surface area contributed by atoms with Gasteiger partial charge < -0.3 is 14.8 Å². The van der Waals surface area contributed by atoms with Gasteiger partial charge in [0.15, 0.2) is 11.5 Å². The molecule has 1 aliphatic carbocycles. The Bertz CT molecular complexity index is 474. The molecule has 1 atom stereocenters. The number of halogens is 1. The number of benzene rings is 1. The average molecular weight is 340 g/mol. The van der Waals surface area contributed by atoms with Crippen molar-refractivity contribution in [2.24, 2.45) is 5.92 Å². The van der Waals surface area contributed by atoms with Gasteiger partial charge in [0.1, 0.15) is 13.2 Å². The summed E-state index contributed by atoms with van der Waals surface area (Å²) in [6, 6.07) is 4.86. The molecule has 1 aliphatic heterocycles. The van der Waals surface area contributed by atoms with E-state index in [0.717, 1.165) is 28.4 Å². The molecule has 1 aromatic rings. The van der Waals surface area contributed by atoms with Gasteiger partial charge in [0.05, 0.1) is 4.47 Å². The van der Waals surface area contributed by atoms with Gasteiger partial charge in [-0.25, -0.2) is 0 Å². The van der Waals surface area contributed by atoms with Crippen molar-refractivity contribution < 1.29 is 9.47 Å². The van der Waals surface area contributed by atoms with Crippen LogP contribution in [0.25, 0.3) is 0 Å². The van der Waals surface area contributed by atoms with Gasteiger partial charge in [-0.15, -0.1) is 0 Å². The molecule has 1 saturated carbocycles. The lowest BCUT2D eigenvalue weighted by Crippen LogP contribution is -2.28. The lowest BCUT2D eigenvalue weighted by atomic mass is 10.1. The topological polar surface area (TPSA) is 30.5 Å². The van der Waals surface area contributed by atoms with Gasteiger partial charge >= 0.3 is 0 Å². The second kappa shape index (κ2) is 6.35. The van der Waals surface area contributed by atoms with Crippen LogP contribution in [0.15, 0.2) is 16.6 Å². The molecule has 1 fully saturated rings. The summed E-state index contributed by atoms with van der Waals surface area (Å²) in [4.78, 5) is 0. The molecular weight excluding hydrogens is 318 g/mol. The van der Waals surface area contributed by atoms with Crippen LogP contribution in [0.4, 0.5) is 0 Å². The summed E-state index contributed by atoms with van der Waals surface area (Å²) in [5.74, 6) is 2.67. The molecule has 0 saturated heterocycles. The monoisotopic (exact) mass is 339 g/mol. The highest BCUT2D eigenvalue weighted by Crippen LogP contribution is 2.38. The third kappa shape index (κ3) is 3.47. The Hall–Kier alpha value is -0.740. The van der Waals surface area contributed by atoms with Crippen molar-refractivity contribution in [3.05, 3.63) is 22.2 Å². The van der Waals surface area contributed by atoms with Gasteiger partial charge in [-0.1, -0.05) is 19.8 Å². The predicted octanol–water partition coefficient (Wildman–Crippen LogP) is 3.89. The zero-order chi connectivity index (χ0) is 13.9. The van der Waals surface area contributed by atoms with Crippen LogP contribution >= 0.6 is 15.9 Å². The summed E-state index contributed by atoms with van der Waals surface area (Å²) in [5, 5.41) is 3.67. The van der Waals surface area contributed by atoms with Crippen molar-refractivity contribution in [1.82, 2.24) is 5.32 Å². The largest absolute Gasteiger partial charge is 0.486 e. The molecular formula is C16H22BrNO2. The van der Waals surface area contributed by atoms with E-state index in [1.165, 1.54) is 31.2 Å². The Kier molecular flexibility index (Phi) is 4.51. The van der Waals surface area contributed by atoms with E-state index in [1.54, 1.807) is 0 Å². The SMILES string of the molecule is CCC(CC1CC1)NCc1cc(Br)c2c(c1)OCCO2. The van der Waals surface area contributed by atoms with Crippen molar-refractivity contribution in [1.29, 1.82) is 0 Å². The van der Waals surface area contributed by atoms with E-state index in [2.05, 4.69) is 40.3 Å². The number of rotatable bonds is 6. The lowest BCUT2D eigenvalue weighted by Gasteiger charge is -2.21. The van der Waals surface area contributed by atoms with E-state index >= 15 is 0 Å². The fourth-order valence-corrected chi connectivity index (χ4v) is 3.28. The smallest absolute Gasteiger partial charge is 0.175 e. The highest BCUT2D eigenvalue weighted by molar-refractivity contribution is 9.10. The molecule has 0 spiro atoms. The molecule has 1 N–H and O–H groups in total. The maximum absolute atomic E-state index is 5.67. The standard InChI is InChI=1S/C16H22BrNO2/c1-2-13(7-11-3-4-11)18-10-12-8-14(17)16-15(9-12)19-5-6-20-16/h8-9,11,13,18H,2-7,10H2,1H3. The Morgan fingerprint density at radius 1 is 1.30 bits per heavy atom.